The number of methoxy groups -OCH3 is 2. The van der Waals surface area contributed by atoms with E-state index in [1.165, 1.54) is 7.11 Å². The van der Waals surface area contributed by atoms with Gasteiger partial charge < -0.3 is 9.47 Å². The summed E-state index contributed by atoms with van der Waals surface area (Å²) in [4.78, 5) is 0. The maximum absolute atomic E-state index is 11.1. The summed E-state index contributed by atoms with van der Waals surface area (Å²) in [7, 11) is -0.140. The second-order valence-electron chi connectivity index (χ2n) is 3.73. The van der Waals surface area contributed by atoms with Gasteiger partial charge in [-0.2, -0.15) is 0 Å². The highest BCUT2D eigenvalue weighted by molar-refractivity contribution is 7.88. The van der Waals surface area contributed by atoms with Crippen LogP contribution in [0.1, 0.15) is 18.5 Å². The number of benzene rings is 1. The van der Waals surface area contributed by atoms with Crippen LogP contribution in [0.25, 0.3) is 0 Å². The molecule has 1 atom stereocenters. The van der Waals surface area contributed by atoms with Gasteiger partial charge in [-0.25, -0.2) is 13.1 Å². The van der Waals surface area contributed by atoms with Crippen molar-refractivity contribution in [1.29, 1.82) is 0 Å². The Morgan fingerprint density at radius 1 is 1.18 bits per heavy atom. The highest BCUT2D eigenvalue weighted by Gasteiger charge is 2.13. The Bertz CT molecular complexity index is 484. The van der Waals surface area contributed by atoms with Crippen molar-refractivity contribution in [3.05, 3.63) is 23.8 Å². The Morgan fingerprint density at radius 3 is 2.24 bits per heavy atom. The Morgan fingerprint density at radius 2 is 1.76 bits per heavy atom. The molecule has 1 aromatic rings. The number of ether oxygens (including phenoxy) is 2. The molecule has 0 aliphatic carbocycles. The fourth-order valence-corrected chi connectivity index (χ4v) is 2.29. The average Bonchev–Trinajstić information content (AvgIpc) is 2.25. The van der Waals surface area contributed by atoms with Gasteiger partial charge >= 0.3 is 0 Å². The molecule has 1 aromatic carbocycles. The molecule has 0 heterocycles. The summed E-state index contributed by atoms with van der Waals surface area (Å²) in [5.74, 6) is 1.19. The molecule has 0 saturated heterocycles. The van der Waals surface area contributed by atoms with Gasteiger partial charge in [0.15, 0.2) is 11.5 Å². The van der Waals surface area contributed by atoms with Crippen LogP contribution >= 0.6 is 0 Å². The monoisotopic (exact) mass is 259 g/mol. The smallest absolute Gasteiger partial charge is 0.209 e. The molecule has 0 aliphatic heterocycles. The molecule has 0 aromatic heterocycles. The van der Waals surface area contributed by atoms with Crippen molar-refractivity contribution in [1.82, 2.24) is 4.72 Å². The van der Waals surface area contributed by atoms with E-state index >= 15 is 0 Å². The maximum Gasteiger partial charge on any atom is 0.209 e. The van der Waals surface area contributed by atoms with Crippen molar-refractivity contribution in [2.75, 3.05) is 20.5 Å². The lowest BCUT2D eigenvalue weighted by atomic mass is 10.1. The third kappa shape index (κ3) is 3.90. The summed E-state index contributed by atoms with van der Waals surface area (Å²) in [5.41, 5.74) is 0.813. The van der Waals surface area contributed by atoms with Gasteiger partial charge in [0, 0.05) is 6.04 Å². The van der Waals surface area contributed by atoms with Crippen LogP contribution in [0.2, 0.25) is 0 Å². The molecular weight excluding hydrogens is 242 g/mol. The standard InChI is InChI=1S/C11H17NO4S/c1-8(12-17(4,13)14)9-5-6-10(15-2)11(7-9)16-3/h5-8,12H,1-4H3. The fraction of sp³-hybridized carbons (Fsp3) is 0.455. The Balaban J connectivity index is 2.99. The van der Waals surface area contributed by atoms with E-state index in [1.54, 1.807) is 32.2 Å². The van der Waals surface area contributed by atoms with E-state index in [-0.39, 0.29) is 6.04 Å². The van der Waals surface area contributed by atoms with Crippen LogP contribution in [0, 0.1) is 0 Å². The lowest BCUT2D eigenvalue weighted by Crippen LogP contribution is -2.25. The average molecular weight is 259 g/mol. The van der Waals surface area contributed by atoms with E-state index in [2.05, 4.69) is 4.72 Å². The van der Waals surface area contributed by atoms with E-state index in [4.69, 9.17) is 9.47 Å². The van der Waals surface area contributed by atoms with Crippen LogP contribution in [0.4, 0.5) is 0 Å². The minimum absolute atomic E-state index is 0.315. The zero-order valence-corrected chi connectivity index (χ0v) is 11.2. The van der Waals surface area contributed by atoms with Crippen LogP contribution in [-0.2, 0) is 10.0 Å². The highest BCUT2D eigenvalue weighted by Crippen LogP contribution is 2.29. The molecular formula is C11H17NO4S. The third-order valence-electron chi connectivity index (χ3n) is 2.30. The van der Waals surface area contributed by atoms with Crippen molar-refractivity contribution in [2.45, 2.75) is 13.0 Å². The quantitative estimate of drug-likeness (QED) is 0.866. The molecule has 0 amide bonds. The summed E-state index contributed by atoms with van der Waals surface area (Å²) in [5, 5.41) is 0. The molecule has 1 unspecified atom stereocenters. The zero-order chi connectivity index (χ0) is 13.1. The first-order valence-corrected chi connectivity index (χ1v) is 6.95. The normalized spacial score (nSPS) is 13.2. The summed E-state index contributed by atoms with van der Waals surface area (Å²) >= 11 is 0. The molecule has 6 heteroatoms. The first kappa shape index (κ1) is 13.8. The molecule has 0 radical (unpaired) electrons. The SMILES string of the molecule is COc1ccc(C(C)NS(C)(=O)=O)cc1OC. The summed E-state index contributed by atoms with van der Waals surface area (Å²) in [6.07, 6.45) is 1.13. The molecule has 0 saturated carbocycles. The predicted octanol–water partition coefficient (Wildman–Crippen LogP) is 1.31. The topological polar surface area (TPSA) is 64.6 Å². The Labute approximate surface area is 102 Å². The molecule has 96 valence electrons. The number of sulfonamides is 1. The third-order valence-corrected chi connectivity index (χ3v) is 3.08. The summed E-state index contributed by atoms with van der Waals surface area (Å²) in [6, 6.07) is 4.98. The summed E-state index contributed by atoms with van der Waals surface area (Å²) in [6.45, 7) is 1.77. The second-order valence-corrected chi connectivity index (χ2v) is 5.51. The molecule has 1 rings (SSSR count). The van der Waals surface area contributed by atoms with Crippen LogP contribution < -0.4 is 14.2 Å². The predicted molar refractivity (Wildman–Crippen MR) is 65.9 cm³/mol. The van der Waals surface area contributed by atoms with Crippen molar-refractivity contribution >= 4 is 10.0 Å². The number of hydrogen-bond donors (Lipinski definition) is 1. The van der Waals surface area contributed by atoms with E-state index in [0.29, 0.717) is 11.5 Å². The summed E-state index contributed by atoms with van der Waals surface area (Å²) < 4.78 is 35.0. The van der Waals surface area contributed by atoms with Crippen molar-refractivity contribution in [3.8, 4) is 11.5 Å². The van der Waals surface area contributed by atoms with Gasteiger partial charge in [-0.05, 0) is 24.6 Å². The van der Waals surface area contributed by atoms with Crippen molar-refractivity contribution < 1.29 is 17.9 Å². The Kier molecular flexibility index (Phi) is 4.36. The molecule has 0 aliphatic rings. The van der Waals surface area contributed by atoms with Gasteiger partial charge in [-0.15, -0.1) is 0 Å². The van der Waals surface area contributed by atoms with Crippen LogP contribution in [0.5, 0.6) is 11.5 Å². The van der Waals surface area contributed by atoms with E-state index in [0.717, 1.165) is 11.8 Å². The van der Waals surface area contributed by atoms with E-state index < -0.39 is 10.0 Å². The lowest BCUT2D eigenvalue weighted by molar-refractivity contribution is 0.354. The van der Waals surface area contributed by atoms with Crippen LogP contribution in [0.3, 0.4) is 0 Å². The highest BCUT2D eigenvalue weighted by atomic mass is 32.2. The van der Waals surface area contributed by atoms with Gasteiger partial charge in [-0.1, -0.05) is 6.07 Å². The molecule has 0 bridgehead atoms. The molecule has 0 fully saturated rings. The van der Waals surface area contributed by atoms with Gasteiger partial charge in [0.05, 0.1) is 20.5 Å². The van der Waals surface area contributed by atoms with E-state index in [1.807, 2.05) is 0 Å². The minimum Gasteiger partial charge on any atom is -0.493 e. The number of rotatable bonds is 5. The lowest BCUT2D eigenvalue weighted by Gasteiger charge is -2.15. The molecule has 17 heavy (non-hydrogen) atoms. The van der Waals surface area contributed by atoms with Gasteiger partial charge in [0.1, 0.15) is 0 Å². The first-order valence-electron chi connectivity index (χ1n) is 5.06. The Hall–Kier alpha value is -1.27. The second kappa shape index (κ2) is 5.37. The molecule has 1 N–H and O–H groups in total. The fourth-order valence-electron chi connectivity index (χ4n) is 1.51. The molecule has 5 nitrogen and oxygen atoms in total. The first-order chi connectivity index (χ1) is 7.87. The van der Waals surface area contributed by atoms with Gasteiger partial charge in [0.2, 0.25) is 10.0 Å². The minimum atomic E-state index is -3.23. The largest absolute Gasteiger partial charge is 0.493 e. The van der Waals surface area contributed by atoms with Crippen LogP contribution in [-0.4, -0.2) is 28.9 Å². The molecule has 0 spiro atoms. The van der Waals surface area contributed by atoms with Gasteiger partial charge in [-0.3, -0.25) is 0 Å². The number of hydrogen-bond acceptors (Lipinski definition) is 4. The van der Waals surface area contributed by atoms with Crippen LogP contribution in [0.15, 0.2) is 18.2 Å². The number of nitrogens with one attached hydrogen (secondary N) is 1. The van der Waals surface area contributed by atoms with Crippen molar-refractivity contribution in [3.63, 3.8) is 0 Å². The van der Waals surface area contributed by atoms with Gasteiger partial charge in [0.25, 0.3) is 0 Å². The van der Waals surface area contributed by atoms with E-state index in [9.17, 15) is 8.42 Å². The van der Waals surface area contributed by atoms with Crippen molar-refractivity contribution in [2.24, 2.45) is 0 Å². The zero-order valence-electron chi connectivity index (χ0n) is 10.4. The maximum atomic E-state index is 11.1.